The Hall–Kier alpha value is -0.660. The third kappa shape index (κ3) is 4.43. The van der Waals surface area contributed by atoms with E-state index < -0.39 is 10.0 Å². The van der Waals surface area contributed by atoms with Gasteiger partial charge in [0.05, 0.1) is 17.0 Å². The first-order chi connectivity index (χ1) is 9.88. The lowest BCUT2D eigenvalue weighted by Crippen LogP contribution is -2.52. The summed E-state index contributed by atoms with van der Waals surface area (Å²) >= 11 is 0. The molecule has 2 rings (SSSR count). The fourth-order valence-electron chi connectivity index (χ4n) is 2.78. The van der Waals surface area contributed by atoms with Gasteiger partial charge in [-0.25, -0.2) is 13.1 Å². The predicted octanol–water partition coefficient (Wildman–Crippen LogP) is 1.77. The van der Waals surface area contributed by atoms with E-state index in [2.05, 4.69) is 10.0 Å². The lowest BCUT2D eigenvalue weighted by Gasteiger charge is -2.29. The normalized spacial score (nSPS) is 21.6. The highest BCUT2D eigenvalue weighted by Gasteiger charge is 2.35. The van der Waals surface area contributed by atoms with E-state index in [0.717, 1.165) is 30.5 Å². The first-order valence-corrected chi connectivity index (χ1v) is 8.68. The van der Waals surface area contributed by atoms with Gasteiger partial charge in [-0.05, 0) is 50.4 Å². The molecule has 1 aliphatic rings. The summed E-state index contributed by atoms with van der Waals surface area (Å²) in [6.45, 7) is 5.45. The second kappa shape index (κ2) is 7.75. The molecule has 1 atom stereocenters. The molecule has 2 N–H and O–H groups in total. The SMILES string of the molecule is COCC1(CNS(=O)(=O)c2cc(C)ccc2C)CCCN1.Cl. The van der Waals surface area contributed by atoms with Crippen LogP contribution in [-0.2, 0) is 14.8 Å². The van der Waals surface area contributed by atoms with Crippen molar-refractivity contribution in [2.45, 2.75) is 37.1 Å². The molecule has 1 saturated heterocycles. The van der Waals surface area contributed by atoms with E-state index in [1.165, 1.54) is 0 Å². The molecule has 0 spiro atoms. The third-order valence-electron chi connectivity index (χ3n) is 3.99. The number of halogens is 1. The van der Waals surface area contributed by atoms with E-state index in [0.29, 0.717) is 18.0 Å². The smallest absolute Gasteiger partial charge is 0.240 e. The quantitative estimate of drug-likeness (QED) is 0.822. The van der Waals surface area contributed by atoms with Gasteiger partial charge in [0.2, 0.25) is 10.0 Å². The van der Waals surface area contributed by atoms with Crippen molar-refractivity contribution < 1.29 is 13.2 Å². The molecule has 0 bridgehead atoms. The zero-order valence-electron chi connectivity index (χ0n) is 13.3. The number of hydrogen-bond donors (Lipinski definition) is 2. The summed E-state index contributed by atoms with van der Waals surface area (Å²) in [5.41, 5.74) is 1.40. The van der Waals surface area contributed by atoms with Crippen molar-refractivity contribution in [3.8, 4) is 0 Å². The Labute approximate surface area is 139 Å². The maximum absolute atomic E-state index is 12.5. The molecule has 126 valence electrons. The number of rotatable bonds is 6. The second-order valence-corrected chi connectivity index (χ2v) is 7.57. The number of nitrogens with one attached hydrogen (secondary N) is 2. The van der Waals surface area contributed by atoms with Gasteiger partial charge in [-0.3, -0.25) is 0 Å². The average Bonchev–Trinajstić information content (AvgIpc) is 2.89. The minimum atomic E-state index is -3.50. The van der Waals surface area contributed by atoms with Crippen LogP contribution < -0.4 is 10.0 Å². The lowest BCUT2D eigenvalue weighted by atomic mass is 9.99. The average molecular weight is 349 g/mol. The number of hydrogen-bond acceptors (Lipinski definition) is 4. The van der Waals surface area contributed by atoms with Crippen LogP contribution in [0.4, 0.5) is 0 Å². The Morgan fingerprint density at radius 3 is 2.68 bits per heavy atom. The molecular formula is C15H25ClN2O3S. The largest absolute Gasteiger partial charge is 0.383 e. The minimum Gasteiger partial charge on any atom is -0.383 e. The van der Waals surface area contributed by atoms with E-state index in [1.54, 1.807) is 13.2 Å². The first kappa shape index (κ1) is 19.4. The topological polar surface area (TPSA) is 67.4 Å². The van der Waals surface area contributed by atoms with E-state index in [1.807, 2.05) is 26.0 Å². The van der Waals surface area contributed by atoms with Crippen molar-refractivity contribution >= 4 is 22.4 Å². The van der Waals surface area contributed by atoms with Crippen LogP contribution in [0.1, 0.15) is 24.0 Å². The fourth-order valence-corrected chi connectivity index (χ4v) is 4.23. The predicted molar refractivity (Wildman–Crippen MR) is 90.2 cm³/mol. The van der Waals surface area contributed by atoms with Crippen molar-refractivity contribution in [1.29, 1.82) is 0 Å². The van der Waals surface area contributed by atoms with Crippen molar-refractivity contribution in [2.24, 2.45) is 0 Å². The van der Waals surface area contributed by atoms with Crippen molar-refractivity contribution in [3.63, 3.8) is 0 Å². The molecule has 0 saturated carbocycles. The van der Waals surface area contributed by atoms with Gasteiger partial charge in [0.25, 0.3) is 0 Å². The van der Waals surface area contributed by atoms with Crippen molar-refractivity contribution in [1.82, 2.24) is 10.0 Å². The van der Waals surface area contributed by atoms with Gasteiger partial charge in [0.15, 0.2) is 0 Å². The molecular weight excluding hydrogens is 324 g/mol. The number of benzene rings is 1. The summed E-state index contributed by atoms with van der Waals surface area (Å²) < 4.78 is 33.0. The highest BCUT2D eigenvalue weighted by Crippen LogP contribution is 2.21. The molecule has 0 aromatic heterocycles. The van der Waals surface area contributed by atoms with Crippen LogP contribution in [0.15, 0.2) is 23.1 Å². The van der Waals surface area contributed by atoms with Gasteiger partial charge in [-0.1, -0.05) is 12.1 Å². The molecule has 1 aliphatic heterocycles. The van der Waals surface area contributed by atoms with Crippen molar-refractivity contribution in [2.75, 3.05) is 26.8 Å². The Morgan fingerprint density at radius 2 is 2.09 bits per heavy atom. The molecule has 0 radical (unpaired) electrons. The molecule has 1 aromatic carbocycles. The van der Waals surface area contributed by atoms with Crippen LogP contribution in [0.25, 0.3) is 0 Å². The molecule has 1 fully saturated rings. The summed E-state index contributed by atoms with van der Waals surface area (Å²) in [6.07, 6.45) is 1.95. The van der Waals surface area contributed by atoms with Gasteiger partial charge in [0, 0.05) is 13.7 Å². The Morgan fingerprint density at radius 1 is 1.36 bits per heavy atom. The summed E-state index contributed by atoms with van der Waals surface area (Å²) in [7, 11) is -1.86. The molecule has 5 nitrogen and oxygen atoms in total. The van der Waals surface area contributed by atoms with Gasteiger partial charge < -0.3 is 10.1 Å². The molecule has 1 unspecified atom stereocenters. The molecule has 0 amide bonds. The monoisotopic (exact) mass is 348 g/mol. The molecule has 7 heteroatoms. The van der Waals surface area contributed by atoms with Gasteiger partial charge >= 0.3 is 0 Å². The van der Waals surface area contributed by atoms with Crippen LogP contribution in [-0.4, -0.2) is 40.8 Å². The van der Waals surface area contributed by atoms with E-state index in [9.17, 15) is 8.42 Å². The van der Waals surface area contributed by atoms with Gasteiger partial charge in [-0.2, -0.15) is 0 Å². The summed E-state index contributed by atoms with van der Waals surface area (Å²) in [4.78, 5) is 0.355. The number of aryl methyl sites for hydroxylation is 2. The maximum Gasteiger partial charge on any atom is 0.240 e. The van der Waals surface area contributed by atoms with Crippen LogP contribution in [0, 0.1) is 13.8 Å². The summed E-state index contributed by atoms with van der Waals surface area (Å²) in [5.74, 6) is 0. The molecule has 1 aromatic rings. The van der Waals surface area contributed by atoms with Gasteiger partial charge in [0.1, 0.15) is 0 Å². The summed E-state index contributed by atoms with van der Waals surface area (Å²) in [6, 6.07) is 5.46. The van der Waals surface area contributed by atoms with Gasteiger partial charge in [-0.15, -0.1) is 12.4 Å². The van der Waals surface area contributed by atoms with E-state index in [-0.39, 0.29) is 17.9 Å². The maximum atomic E-state index is 12.5. The highest BCUT2D eigenvalue weighted by molar-refractivity contribution is 7.89. The molecule has 22 heavy (non-hydrogen) atoms. The molecule has 1 heterocycles. The summed E-state index contributed by atoms with van der Waals surface area (Å²) in [5, 5.41) is 3.37. The van der Waals surface area contributed by atoms with Crippen molar-refractivity contribution in [3.05, 3.63) is 29.3 Å². The lowest BCUT2D eigenvalue weighted by molar-refractivity contribution is 0.122. The Bertz CT molecular complexity index is 599. The number of ether oxygens (including phenoxy) is 1. The Balaban J connectivity index is 0.00000242. The zero-order valence-corrected chi connectivity index (χ0v) is 14.9. The van der Waals surface area contributed by atoms with E-state index in [4.69, 9.17) is 4.74 Å². The van der Waals surface area contributed by atoms with Crippen LogP contribution in [0.2, 0.25) is 0 Å². The fraction of sp³-hybridized carbons (Fsp3) is 0.600. The number of methoxy groups -OCH3 is 1. The Kier molecular flexibility index (Phi) is 6.83. The van der Waals surface area contributed by atoms with Crippen LogP contribution in [0.5, 0.6) is 0 Å². The standard InChI is InChI=1S/C15H24N2O3S.ClH/c1-12-5-6-13(2)14(9-12)21(18,19)17-10-15(11-20-3)7-4-8-16-15;/h5-6,9,16-17H,4,7-8,10-11H2,1-3H3;1H. The van der Waals surface area contributed by atoms with E-state index >= 15 is 0 Å². The van der Waals surface area contributed by atoms with Crippen LogP contribution in [0.3, 0.4) is 0 Å². The zero-order chi connectivity index (χ0) is 15.5. The second-order valence-electron chi connectivity index (χ2n) is 5.84. The number of sulfonamides is 1. The van der Waals surface area contributed by atoms with Crippen LogP contribution >= 0.6 is 12.4 Å². The first-order valence-electron chi connectivity index (χ1n) is 7.19. The third-order valence-corrected chi connectivity index (χ3v) is 5.53. The molecule has 0 aliphatic carbocycles. The minimum absolute atomic E-state index is 0. The highest BCUT2D eigenvalue weighted by atomic mass is 35.5.